The third kappa shape index (κ3) is 3.31. The van der Waals surface area contributed by atoms with Gasteiger partial charge < -0.3 is 14.2 Å². The molecule has 3 heterocycles. The van der Waals surface area contributed by atoms with Crippen molar-refractivity contribution in [2.45, 2.75) is 77.0 Å². The zero-order valence-corrected chi connectivity index (χ0v) is 16.1. The third-order valence-electron chi connectivity index (χ3n) is 5.56. The number of hydrogen-bond acceptors (Lipinski definition) is 3. The van der Waals surface area contributed by atoms with Crippen molar-refractivity contribution >= 4 is 17.1 Å². The number of hydrogen-bond donors (Lipinski definition) is 0. The van der Waals surface area contributed by atoms with E-state index in [4.69, 9.17) is 9.72 Å². The van der Waals surface area contributed by atoms with E-state index in [-0.39, 0.29) is 12.1 Å². The van der Waals surface area contributed by atoms with Gasteiger partial charge in [0.1, 0.15) is 11.2 Å². The highest BCUT2D eigenvalue weighted by molar-refractivity contribution is 5.77. The van der Waals surface area contributed by atoms with Gasteiger partial charge in [0.15, 0.2) is 0 Å². The Morgan fingerprint density at radius 2 is 1.96 bits per heavy atom. The minimum Gasteiger partial charge on any atom is -0.444 e. The largest absolute Gasteiger partial charge is 0.444 e. The molecule has 1 saturated carbocycles. The van der Waals surface area contributed by atoms with Gasteiger partial charge in [-0.2, -0.15) is 0 Å². The maximum absolute atomic E-state index is 12.6. The first kappa shape index (κ1) is 17.4. The highest BCUT2D eigenvalue weighted by atomic mass is 16.6. The van der Waals surface area contributed by atoms with Crippen LogP contribution in [-0.4, -0.2) is 32.7 Å². The molecule has 0 N–H and O–H groups in total. The van der Waals surface area contributed by atoms with E-state index in [9.17, 15) is 4.79 Å². The quantitative estimate of drug-likeness (QED) is 0.741. The molecule has 2 aromatic heterocycles. The van der Waals surface area contributed by atoms with Gasteiger partial charge in [0.25, 0.3) is 0 Å². The van der Waals surface area contributed by atoms with Crippen molar-refractivity contribution in [3.05, 3.63) is 30.1 Å². The number of rotatable bonds is 2. The van der Waals surface area contributed by atoms with Gasteiger partial charge in [0.2, 0.25) is 0 Å². The van der Waals surface area contributed by atoms with Gasteiger partial charge in [-0.05, 0) is 64.2 Å². The average Bonchev–Trinajstić information content (AvgIpc) is 3.31. The Morgan fingerprint density at radius 3 is 2.69 bits per heavy atom. The molecule has 4 rings (SSSR count). The van der Waals surface area contributed by atoms with Gasteiger partial charge in [-0.3, -0.25) is 0 Å². The molecule has 2 fully saturated rings. The second-order valence-corrected chi connectivity index (χ2v) is 8.67. The maximum atomic E-state index is 12.6. The molecular weight excluding hydrogens is 326 g/mol. The van der Waals surface area contributed by atoms with Crippen LogP contribution >= 0.6 is 0 Å². The van der Waals surface area contributed by atoms with E-state index in [1.165, 1.54) is 31.1 Å². The van der Waals surface area contributed by atoms with Crippen LogP contribution < -0.4 is 0 Å². The van der Waals surface area contributed by atoms with E-state index in [0.29, 0.717) is 6.04 Å². The van der Waals surface area contributed by atoms with Crippen molar-refractivity contribution in [1.29, 1.82) is 0 Å². The van der Waals surface area contributed by atoms with Crippen molar-refractivity contribution in [3.63, 3.8) is 0 Å². The minimum absolute atomic E-state index is 0.0663. The van der Waals surface area contributed by atoms with Gasteiger partial charge >= 0.3 is 6.09 Å². The fraction of sp³-hybridized carbons (Fsp3) is 0.619. The van der Waals surface area contributed by atoms with Gasteiger partial charge in [-0.1, -0.05) is 12.8 Å². The van der Waals surface area contributed by atoms with Crippen LogP contribution in [0.15, 0.2) is 24.5 Å². The molecule has 26 heavy (non-hydrogen) atoms. The predicted molar refractivity (Wildman–Crippen MR) is 102 cm³/mol. The summed E-state index contributed by atoms with van der Waals surface area (Å²) in [5, 5.41) is 1.17. The van der Waals surface area contributed by atoms with E-state index in [1.807, 2.05) is 31.9 Å². The average molecular weight is 355 g/mol. The van der Waals surface area contributed by atoms with Crippen molar-refractivity contribution < 1.29 is 9.53 Å². The number of pyridine rings is 1. The lowest BCUT2D eigenvalue weighted by atomic mass is 10.1. The summed E-state index contributed by atoms with van der Waals surface area (Å²) in [5.74, 6) is 0. The number of ether oxygens (including phenoxy) is 1. The maximum Gasteiger partial charge on any atom is 0.410 e. The Kier molecular flexibility index (Phi) is 4.41. The summed E-state index contributed by atoms with van der Waals surface area (Å²) >= 11 is 0. The van der Waals surface area contributed by atoms with Crippen LogP contribution in [0.3, 0.4) is 0 Å². The number of fused-ring (bicyclic) bond motifs is 1. The molecule has 0 radical (unpaired) electrons. The van der Waals surface area contributed by atoms with E-state index < -0.39 is 5.60 Å². The lowest BCUT2D eigenvalue weighted by Gasteiger charge is -2.28. The van der Waals surface area contributed by atoms with Crippen LogP contribution in [0.25, 0.3) is 11.0 Å². The number of carbonyl (C=O) groups is 1. The Morgan fingerprint density at radius 1 is 1.19 bits per heavy atom. The van der Waals surface area contributed by atoms with Crippen LogP contribution in [0.2, 0.25) is 0 Å². The summed E-state index contributed by atoms with van der Waals surface area (Å²) in [4.78, 5) is 19.2. The lowest BCUT2D eigenvalue weighted by Crippen LogP contribution is -2.36. The number of amides is 1. The van der Waals surface area contributed by atoms with E-state index in [1.54, 1.807) is 0 Å². The van der Waals surface area contributed by atoms with Crippen molar-refractivity contribution in [3.8, 4) is 0 Å². The summed E-state index contributed by atoms with van der Waals surface area (Å²) in [5.41, 5.74) is 1.72. The highest BCUT2D eigenvalue weighted by Gasteiger charge is 2.33. The smallest absolute Gasteiger partial charge is 0.410 e. The van der Waals surface area contributed by atoms with E-state index in [0.717, 1.165) is 30.6 Å². The normalized spacial score (nSPS) is 21.7. The number of likely N-dealkylation sites (tertiary alicyclic amines) is 1. The van der Waals surface area contributed by atoms with Gasteiger partial charge in [0.05, 0.1) is 6.04 Å². The Labute approximate surface area is 155 Å². The fourth-order valence-corrected chi connectivity index (χ4v) is 4.37. The SMILES string of the molecule is CC(C)(C)OC(=O)N1CCCC1c1cnc2c(ccn2C2CCCC2)c1. The highest BCUT2D eigenvalue weighted by Crippen LogP contribution is 2.36. The zero-order valence-electron chi connectivity index (χ0n) is 16.1. The first-order chi connectivity index (χ1) is 12.4. The first-order valence-corrected chi connectivity index (χ1v) is 9.88. The number of aromatic nitrogens is 2. The molecule has 0 spiro atoms. The van der Waals surface area contributed by atoms with Crippen molar-refractivity contribution in [1.82, 2.24) is 14.5 Å². The van der Waals surface area contributed by atoms with Crippen molar-refractivity contribution in [2.75, 3.05) is 6.54 Å². The molecule has 5 heteroatoms. The van der Waals surface area contributed by atoms with Gasteiger partial charge in [0, 0.05) is 30.4 Å². The summed E-state index contributed by atoms with van der Waals surface area (Å²) in [7, 11) is 0. The number of carbonyl (C=O) groups excluding carboxylic acids is 1. The Balaban J connectivity index is 1.58. The lowest BCUT2D eigenvalue weighted by molar-refractivity contribution is 0.0224. The first-order valence-electron chi connectivity index (χ1n) is 9.88. The van der Waals surface area contributed by atoms with Gasteiger partial charge in [-0.25, -0.2) is 9.78 Å². The van der Waals surface area contributed by atoms with Crippen LogP contribution in [0.4, 0.5) is 4.79 Å². The molecule has 5 nitrogen and oxygen atoms in total. The molecule has 1 atom stereocenters. The molecule has 2 aromatic rings. The molecule has 2 aliphatic rings. The minimum atomic E-state index is -0.467. The Hall–Kier alpha value is -2.04. The Bertz CT molecular complexity index is 799. The predicted octanol–water partition coefficient (Wildman–Crippen LogP) is 5.22. The molecule has 1 saturated heterocycles. The van der Waals surface area contributed by atoms with E-state index in [2.05, 4.69) is 22.9 Å². The molecule has 1 aliphatic heterocycles. The second kappa shape index (κ2) is 6.60. The second-order valence-electron chi connectivity index (χ2n) is 8.67. The number of nitrogens with zero attached hydrogens (tertiary/aromatic N) is 3. The zero-order chi connectivity index (χ0) is 18.3. The third-order valence-corrected chi connectivity index (χ3v) is 5.56. The van der Waals surface area contributed by atoms with Crippen molar-refractivity contribution in [2.24, 2.45) is 0 Å². The summed E-state index contributed by atoms with van der Waals surface area (Å²) in [6.45, 7) is 6.49. The van der Waals surface area contributed by atoms with Crippen LogP contribution in [0, 0.1) is 0 Å². The molecule has 140 valence electrons. The van der Waals surface area contributed by atoms with Gasteiger partial charge in [-0.15, -0.1) is 0 Å². The van der Waals surface area contributed by atoms with E-state index >= 15 is 0 Å². The van der Waals surface area contributed by atoms with Crippen LogP contribution in [0.5, 0.6) is 0 Å². The van der Waals surface area contributed by atoms with Crippen LogP contribution in [-0.2, 0) is 4.74 Å². The summed E-state index contributed by atoms with van der Waals surface area (Å²) < 4.78 is 7.93. The summed E-state index contributed by atoms with van der Waals surface area (Å²) in [6.07, 6.45) is 11.0. The van der Waals surface area contributed by atoms with Crippen LogP contribution in [0.1, 0.15) is 76.9 Å². The fourth-order valence-electron chi connectivity index (χ4n) is 4.37. The molecule has 1 unspecified atom stereocenters. The topological polar surface area (TPSA) is 47.4 Å². The monoisotopic (exact) mass is 355 g/mol. The molecular formula is C21H29N3O2. The molecule has 1 amide bonds. The standard InChI is InChI=1S/C21H29N3O2/c1-21(2,3)26-20(25)24-11-6-9-18(24)16-13-15-10-12-23(19(15)22-14-16)17-7-4-5-8-17/h10,12-14,17-18H,4-9,11H2,1-3H3. The molecule has 1 aliphatic carbocycles. The molecule has 0 aromatic carbocycles. The summed E-state index contributed by atoms with van der Waals surface area (Å²) in [6, 6.07) is 5.03. The molecule has 0 bridgehead atoms.